The van der Waals surface area contributed by atoms with Gasteiger partial charge in [0, 0.05) is 12.7 Å². The van der Waals surface area contributed by atoms with Gasteiger partial charge in [-0.3, -0.25) is 29.0 Å². The molecule has 0 unspecified atom stereocenters. The predicted octanol–water partition coefficient (Wildman–Crippen LogP) is 0.647. The van der Waals surface area contributed by atoms with Crippen LogP contribution in [-0.2, 0) is 9.59 Å². The van der Waals surface area contributed by atoms with Crippen molar-refractivity contribution in [3.05, 3.63) is 29.3 Å². The van der Waals surface area contributed by atoms with Crippen molar-refractivity contribution in [2.24, 2.45) is 0 Å². The Morgan fingerprint density at radius 3 is 2.46 bits per heavy atom. The molecule has 1 aliphatic rings. The van der Waals surface area contributed by atoms with Crippen molar-refractivity contribution in [1.29, 1.82) is 0 Å². The van der Waals surface area contributed by atoms with E-state index in [0.29, 0.717) is 17.8 Å². The zero-order valence-corrected chi connectivity index (χ0v) is 13.5. The lowest BCUT2D eigenvalue weighted by atomic mass is 10.1. The molecule has 1 aromatic carbocycles. The second-order valence-corrected chi connectivity index (χ2v) is 5.58. The van der Waals surface area contributed by atoms with E-state index in [0.717, 1.165) is 11.3 Å². The highest BCUT2D eigenvalue weighted by molar-refractivity contribution is 6.21. The van der Waals surface area contributed by atoms with Crippen LogP contribution in [0.15, 0.2) is 18.2 Å². The summed E-state index contributed by atoms with van der Waals surface area (Å²) < 4.78 is 0. The van der Waals surface area contributed by atoms with Crippen LogP contribution in [0.25, 0.3) is 0 Å². The minimum absolute atomic E-state index is 0.0655. The number of nitrogens with zero attached hydrogens (tertiary/aromatic N) is 2. The highest BCUT2D eigenvalue weighted by atomic mass is 16.4. The van der Waals surface area contributed by atoms with Gasteiger partial charge in [-0.05, 0) is 31.2 Å². The molecule has 24 heavy (non-hydrogen) atoms. The number of carboxylic acid groups (broad SMARTS) is 1. The van der Waals surface area contributed by atoms with Crippen molar-refractivity contribution in [1.82, 2.24) is 9.80 Å². The van der Waals surface area contributed by atoms with Crippen LogP contribution in [0.3, 0.4) is 0 Å². The number of anilines is 1. The van der Waals surface area contributed by atoms with Gasteiger partial charge in [0.2, 0.25) is 5.91 Å². The number of aliphatic carboxylic acids is 1. The lowest BCUT2D eigenvalue weighted by Gasteiger charge is -2.18. The zero-order valence-electron chi connectivity index (χ0n) is 13.5. The molecular weight excluding hydrogens is 314 g/mol. The summed E-state index contributed by atoms with van der Waals surface area (Å²) in [5.74, 6) is -2.16. The maximum atomic E-state index is 12.1. The Balaban J connectivity index is 2.06. The molecule has 0 atom stereocenters. The molecule has 2 N–H and O–H groups in total. The second kappa shape index (κ2) is 7.22. The Hall–Kier alpha value is -2.74. The third-order valence-electron chi connectivity index (χ3n) is 3.64. The van der Waals surface area contributed by atoms with Gasteiger partial charge in [-0.2, -0.15) is 0 Å². The normalized spacial score (nSPS) is 13.4. The van der Waals surface area contributed by atoms with E-state index in [1.807, 2.05) is 6.92 Å². The van der Waals surface area contributed by atoms with E-state index in [4.69, 9.17) is 5.11 Å². The SMILES string of the molecule is CCCN(CC(=O)O)CC(=O)Nc1ccc2c(c1)C(=O)N(C)C2=O. The predicted molar refractivity (Wildman–Crippen MR) is 85.9 cm³/mol. The Morgan fingerprint density at radius 2 is 1.83 bits per heavy atom. The van der Waals surface area contributed by atoms with E-state index in [1.54, 1.807) is 6.07 Å². The van der Waals surface area contributed by atoms with E-state index in [1.165, 1.54) is 24.1 Å². The van der Waals surface area contributed by atoms with Crippen LogP contribution in [-0.4, -0.2) is 65.3 Å². The summed E-state index contributed by atoms with van der Waals surface area (Å²) in [6.45, 7) is 2.10. The minimum Gasteiger partial charge on any atom is -0.480 e. The Labute approximate surface area is 139 Å². The van der Waals surface area contributed by atoms with Crippen LogP contribution in [0.1, 0.15) is 34.1 Å². The molecule has 0 saturated heterocycles. The van der Waals surface area contributed by atoms with Gasteiger partial charge in [0.05, 0.1) is 24.2 Å². The molecule has 2 rings (SSSR count). The number of imide groups is 1. The van der Waals surface area contributed by atoms with Crippen molar-refractivity contribution in [2.75, 3.05) is 32.0 Å². The molecule has 0 aromatic heterocycles. The zero-order chi connectivity index (χ0) is 17.9. The van der Waals surface area contributed by atoms with E-state index in [9.17, 15) is 19.2 Å². The molecular formula is C16H19N3O5. The van der Waals surface area contributed by atoms with Crippen molar-refractivity contribution in [3.63, 3.8) is 0 Å². The first kappa shape index (κ1) is 17.6. The summed E-state index contributed by atoms with van der Waals surface area (Å²) in [5.41, 5.74) is 0.942. The molecule has 0 aliphatic carbocycles. The molecule has 1 aliphatic heterocycles. The lowest BCUT2D eigenvalue weighted by molar-refractivity contribution is -0.138. The van der Waals surface area contributed by atoms with E-state index in [2.05, 4.69) is 5.32 Å². The van der Waals surface area contributed by atoms with E-state index < -0.39 is 11.9 Å². The number of carboxylic acids is 1. The highest BCUT2D eigenvalue weighted by Gasteiger charge is 2.32. The number of fused-ring (bicyclic) bond motifs is 1. The number of amides is 3. The molecule has 0 radical (unpaired) electrons. The maximum absolute atomic E-state index is 12.1. The largest absolute Gasteiger partial charge is 0.480 e. The molecule has 0 saturated carbocycles. The van der Waals surface area contributed by atoms with Gasteiger partial charge < -0.3 is 10.4 Å². The van der Waals surface area contributed by atoms with Crippen LogP contribution in [0.5, 0.6) is 0 Å². The average molecular weight is 333 g/mol. The number of hydrogen-bond donors (Lipinski definition) is 2. The molecule has 0 bridgehead atoms. The van der Waals surface area contributed by atoms with Gasteiger partial charge in [0.15, 0.2) is 0 Å². The summed E-state index contributed by atoms with van der Waals surface area (Å²) in [4.78, 5) is 49.2. The van der Waals surface area contributed by atoms with Crippen molar-refractivity contribution in [3.8, 4) is 0 Å². The van der Waals surface area contributed by atoms with Crippen LogP contribution in [0.2, 0.25) is 0 Å². The summed E-state index contributed by atoms with van der Waals surface area (Å²) >= 11 is 0. The van der Waals surface area contributed by atoms with E-state index in [-0.39, 0.29) is 30.5 Å². The van der Waals surface area contributed by atoms with Crippen LogP contribution >= 0.6 is 0 Å². The minimum atomic E-state index is -0.999. The quantitative estimate of drug-likeness (QED) is 0.710. The lowest BCUT2D eigenvalue weighted by Crippen LogP contribution is -2.37. The fourth-order valence-electron chi connectivity index (χ4n) is 2.56. The summed E-state index contributed by atoms with van der Waals surface area (Å²) in [7, 11) is 1.40. The molecule has 0 fully saturated rings. The maximum Gasteiger partial charge on any atom is 0.317 e. The monoisotopic (exact) mass is 333 g/mol. The van der Waals surface area contributed by atoms with Gasteiger partial charge in [-0.25, -0.2) is 0 Å². The number of rotatable bonds is 7. The fourth-order valence-corrected chi connectivity index (χ4v) is 2.56. The van der Waals surface area contributed by atoms with Crippen molar-refractivity contribution < 1.29 is 24.3 Å². The molecule has 8 nitrogen and oxygen atoms in total. The first-order valence-corrected chi connectivity index (χ1v) is 7.54. The topological polar surface area (TPSA) is 107 Å². The first-order chi connectivity index (χ1) is 11.3. The Morgan fingerprint density at radius 1 is 1.17 bits per heavy atom. The smallest absolute Gasteiger partial charge is 0.317 e. The van der Waals surface area contributed by atoms with Gasteiger partial charge in [-0.1, -0.05) is 6.92 Å². The van der Waals surface area contributed by atoms with Crippen molar-refractivity contribution >= 4 is 29.4 Å². The number of carbonyl (C=O) groups is 4. The van der Waals surface area contributed by atoms with Gasteiger partial charge >= 0.3 is 5.97 Å². The molecule has 0 spiro atoms. The van der Waals surface area contributed by atoms with Crippen molar-refractivity contribution in [2.45, 2.75) is 13.3 Å². The first-order valence-electron chi connectivity index (χ1n) is 7.54. The molecule has 1 aromatic rings. The van der Waals surface area contributed by atoms with Gasteiger partial charge in [0.1, 0.15) is 0 Å². The third kappa shape index (κ3) is 3.77. The Bertz CT molecular complexity index is 701. The average Bonchev–Trinajstić information content (AvgIpc) is 2.71. The number of carbonyl (C=O) groups excluding carboxylic acids is 3. The number of nitrogens with one attached hydrogen (secondary N) is 1. The Kier molecular flexibility index (Phi) is 5.30. The number of benzene rings is 1. The molecule has 1 heterocycles. The molecule has 3 amide bonds. The standard InChI is InChI=1S/C16H19N3O5/c1-3-6-19(9-14(21)22)8-13(20)17-10-4-5-11-12(7-10)16(24)18(2)15(11)23/h4-5,7H,3,6,8-9H2,1-2H3,(H,17,20)(H,21,22). The number of hydrogen-bond acceptors (Lipinski definition) is 5. The van der Waals surface area contributed by atoms with Crippen LogP contribution in [0, 0.1) is 0 Å². The summed E-state index contributed by atoms with van der Waals surface area (Å²) in [6, 6.07) is 4.50. The van der Waals surface area contributed by atoms with Gasteiger partial charge in [0.25, 0.3) is 11.8 Å². The van der Waals surface area contributed by atoms with Crippen LogP contribution in [0.4, 0.5) is 5.69 Å². The second-order valence-electron chi connectivity index (χ2n) is 5.58. The van der Waals surface area contributed by atoms with Gasteiger partial charge in [-0.15, -0.1) is 0 Å². The van der Waals surface area contributed by atoms with Crippen LogP contribution < -0.4 is 5.32 Å². The molecule has 128 valence electrons. The molecule has 8 heteroatoms. The third-order valence-corrected chi connectivity index (χ3v) is 3.64. The fraction of sp³-hybridized carbons (Fsp3) is 0.375. The summed E-state index contributed by atoms with van der Waals surface area (Å²) in [5, 5.41) is 11.5. The summed E-state index contributed by atoms with van der Waals surface area (Å²) in [6.07, 6.45) is 0.725. The highest BCUT2D eigenvalue weighted by Crippen LogP contribution is 2.24. The van der Waals surface area contributed by atoms with E-state index >= 15 is 0 Å².